The molecular formula is C16H11Cl3N4O2. The molecule has 0 saturated carbocycles. The summed E-state index contributed by atoms with van der Waals surface area (Å²) in [6.45, 7) is 1.66. The predicted molar refractivity (Wildman–Crippen MR) is 98.5 cm³/mol. The Labute approximate surface area is 158 Å². The number of hydrazone groups is 1. The van der Waals surface area contributed by atoms with Crippen LogP contribution in [0, 0.1) is 0 Å². The highest BCUT2D eigenvalue weighted by Gasteiger charge is 2.35. The Morgan fingerprint density at radius 3 is 2.60 bits per heavy atom. The Hall–Kier alpha value is -2.15. The first-order chi connectivity index (χ1) is 11.9. The number of aromatic hydroxyl groups is 1. The van der Waals surface area contributed by atoms with E-state index in [1.807, 2.05) is 0 Å². The van der Waals surface area contributed by atoms with Crippen LogP contribution in [0.15, 0.2) is 51.7 Å². The lowest BCUT2D eigenvalue weighted by Gasteiger charge is -2.13. The summed E-state index contributed by atoms with van der Waals surface area (Å²) in [5, 5.41) is 24.2. The van der Waals surface area contributed by atoms with E-state index in [0.29, 0.717) is 26.5 Å². The van der Waals surface area contributed by atoms with Crippen LogP contribution in [-0.4, -0.2) is 22.8 Å². The number of amides is 1. The summed E-state index contributed by atoms with van der Waals surface area (Å²) < 4.78 is 0. The lowest BCUT2D eigenvalue weighted by Crippen LogP contribution is -2.29. The second-order valence-corrected chi connectivity index (χ2v) is 6.49. The third-order valence-corrected chi connectivity index (χ3v) is 4.44. The topological polar surface area (TPSA) is 77.6 Å². The summed E-state index contributed by atoms with van der Waals surface area (Å²) in [5.41, 5.74) is 1.10. The molecule has 0 saturated heterocycles. The van der Waals surface area contributed by atoms with E-state index >= 15 is 0 Å². The number of benzene rings is 2. The van der Waals surface area contributed by atoms with Gasteiger partial charge in [0.15, 0.2) is 6.04 Å². The number of carbonyl (C=O) groups is 1. The zero-order chi connectivity index (χ0) is 18.1. The molecule has 2 aromatic carbocycles. The van der Waals surface area contributed by atoms with Crippen molar-refractivity contribution in [3.05, 3.63) is 51.5 Å². The number of carbonyl (C=O) groups excluding carboxylic acids is 1. The molecule has 1 aliphatic heterocycles. The Bertz CT molecular complexity index is 914. The summed E-state index contributed by atoms with van der Waals surface area (Å²) in [6.07, 6.45) is 0. The standard InChI is InChI=1S/C16H11Cl3N4O2/c1-8-15(21-20-13-6-9(17)2-5-14(13)24)16(25)23(22-8)10-3-4-11(18)12(19)7-10/h2-7,15,24H,1H3. The van der Waals surface area contributed by atoms with Crippen molar-refractivity contribution in [2.45, 2.75) is 13.0 Å². The van der Waals surface area contributed by atoms with Crippen molar-refractivity contribution >= 4 is 57.8 Å². The molecule has 1 atom stereocenters. The average Bonchev–Trinajstić information content (AvgIpc) is 2.85. The number of nitrogens with zero attached hydrogens (tertiary/aromatic N) is 4. The summed E-state index contributed by atoms with van der Waals surface area (Å²) in [4.78, 5) is 12.6. The zero-order valence-corrected chi connectivity index (χ0v) is 15.1. The molecule has 6 nitrogen and oxygen atoms in total. The van der Waals surface area contributed by atoms with Crippen LogP contribution in [0.3, 0.4) is 0 Å². The molecule has 1 aliphatic rings. The van der Waals surface area contributed by atoms with Gasteiger partial charge in [-0.1, -0.05) is 34.8 Å². The summed E-state index contributed by atoms with van der Waals surface area (Å²) in [5.74, 6) is -0.476. The van der Waals surface area contributed by atoms with Crippen molar-refractivity contribution in [2.75, 3.05) is 5.01 Å². The molecule has 0 fully saturated rings. The molecule has 1 unspecified atom stereocenters. The van der Waals surface area contributed by atoms with E-state index in [1.54, 1.807) is 25.1 Å². The Kier molecular flexibility index (Phi) is 4.94. The number of rotatable bonds is 3. The largest absolute Gasteiger partial charge is 0.506 e. The number of phenols is 1. The predicted octanol–water partition coefficient (Wildman–Crippen LogP) is 5.23. The minimum atomic E-state index is -0.896. The van der Waals surface area contributed by atoms with Gasteiger partial charge in [0.05, 0.1) is 21.4 Å². The van der Waals surface area contributed by atoms with Gasteiger partial charge in [-0.2, -0.15) is 20.3 Å². The molecule has 3 rings (SSSR count). The van der Waals surface area contributed by atoms with Crippen LogP contribution < -0.4 is 5.01 Å². The van der Waals surface area contributed by atoms with Crippen molar-refractivity contribution in [3.8, 4) is 5.75 Å². The van der Waals surface area contributed by atoms with E-state index < -0.39 is 6.04 Å². The minimum absolute atomic E-state index is 0.0884. The third kappa shape index (κ3) is 3.61. The lowest BCUT2D eigenvalue weighted by atomic mass is 10.2. The van der Waals surface area contributed by atoms with E-state index in [4.69, 9.17) is 34.8 Å². The van der Waals surface area contributed by atoms with Crippen LogP contribution in [0.4, 0.5) is 11.4 Å². The van der Waals surface area contributed by atoms with Crippen LogP contribution in [0.2, 0.25) is 15.1 Å². The highest BCUT2D eigenvalue weighted by atomic mass is 35.5. The Balaban J connectivity index is 1.86. The van der Waals surface area contributed by atoms with Gasteiger partial charge in [0.2, 0.25) is 0 Å². The fourth-order valence-corrected chi connectivity index (χ4v) is 2.65. The maximum absolute atomic E-state index is 12.6. The molecule has 1 amide bonds. The second-order valence-electron chi connectivity index (χ2n) is 5.24. The monoisotopic (exact) mass is 396 g/mol. The highest BCUT2D eigenvalue weighted by Crippen LogP contribution is 2.32. The normalized spacial score (nSPS) is 17.4. The molecule has 0 bridgehead atoms. The molecule has 128 valence electrons. The van der Waals surface area contributed by atoms with Gasteiger partial charge < -0.3 is 5.11 Å². The zero-order valence-electron chi connectivity index (χ0n) is 12.8. The van der Waals surface area contributed by atoms with Crippen molar-refractivity contribution in [2.24, 2.45) is 15.3 Å². The number of azo groups is 1. The van der Waals surface area contributed by atoms with Gasteiger partial charge in [-0.25, -0.2) is 0 Å². The number of anilines is 1. The molecule has 0 aromatic heterocycles. The fraction of sp³-hybridized carbons (Fsp3) is 0.125. The number of halogens is 3. The molecule has 0 spiro atoms. The number of hydrogen-bond acceptors (Lipinski definition) is 5. The average molecular weight is 398 g/mol. The van der Waals surface area contributed by atoms with Crippen LogP contribution in [-0.2, 0) is 4.79 Å². The summed E-state index contributed by atoms with van der Waals surface area (Å²) >= 11 is 17.7. The fourth-order valence-electron chi connectivity index (χ4n) is 2.19. The number of hydrogen-bond donors (Lipinski definition) is 1. The molecule has 25 heavy (non-hydrogen) atoms. The van der Waals surface area contributed by atoms with Gasteiger partial charge in [-0.15, -0.1) is 0 Å². The summed E-state index contributed by atoms with van der Waals surface area (Å²) in [6, 6.07) is 8.23. The first-order valence-corrected chi connectivity index (χ1v) is 8.23. The van der Waals surface area contributed by atoms with Gasteiger partial charge >= 0.3 is 0 Å². The van der Waals surface area contributed by atoms with Crippen LogP contribution in [0.5, 0.6) is 5.75 Å². The molecule has 1 heterocycles. The van der Waals surface area contributed by atoms with E-state index in [1.165, 1.54) is 23.2 Å². The van der Waals surface area contributed by atoms with E-state index in [9.17, 15) is 9.90 Å². The van der Waals surface area contributed by atoms with Crippen molar-refractivity contribution in [1.82, 2.24) is 0 Å². The van der Waals surface area contributed by atoms with Gasteiger partial charge in [-0.3, -0.25) is 4.79 Å². The van der Waals surface area contributed by atoms with Crippen LogP contribution in [0.25, 0.3) is 0 Å². The Morgan fingerprint density at radius 2 is 1.88 bits per heavy atom. The third-order valence-electron chi connectivity index (χ3n) is 3.46. The first-order valence-electron chi connectivity index (χ1n) is 7.10. The molecule has 0 aliphatic carbocycles. The van der Waals surface area contributed by atoms with E-state index in [0.717, 1.165) is 0 Å². The van der Waals surface area contributed by atoms with Crippen LogP contribution >= 0.6 is 34.8 Å². The van der Waals surface area contributed by atoms with Gasteiger partial charge in [-0.05, 0) is 43.3 Å². The maximum Gasteiger partial charge on any atom is 0.280 e. The van der Waals surface area contributed by atoms with E-state index in [-0.39, 0.29) is 17.3 Å². The van der Waals surface area contributed by atoms with Gasteiger partial charge in [0.25, 0.3) is 5.91 Å². The Morgan fingerprint density at radius 1 is 1.12 bits per heavy atom. The van der Waals surface area contributed by atoms with Crippen molar-refractivity contribution < 1.29 is 9.90 Å². The molecule has 9 heteroatoms. The van der Waals surface area contributed by atoms with Gasteiger partial charge in [0, 0.05) is 5.02 Å². The quantitative estimate of drug-likeness (QED) is 0.720. The molecular weight excluding hydrogens is 387 g/mol. The molecule has 1 N–H and O–H groups in total. The maximum atomic E-state index is 12.6. The smallest absolute Gasteiger partial charge is 0.280 e. The number of phenolic OH excluding ortho intramolecular Hbond substituents is 1. The minimum Gasteiger partial charge on any atom is -0.506 e. The highest BCUT2D eigenvalue weighted by molar-refractivity contribution is 6.42. The molecule has 0 radical (unpaired) electrons. The lowest BCUT2D eigenvalue weighted by molar-refractivity contribution is -0.117. The first kappa shape index (κ1) is 17.7. The second kappa shape index (κ2) is 7.00. The van der Waals surface area contributed by atoms with E-state index in [2.05, 4.69) is 15.3 Å². The van der Waals surface area contributed by atoms with Crippen molar-refractivity contribution in [3.63, 3.8) is 0 Å². The summed E-state index contributed by atoms with van der Waals surface area (Å²) in [7, 11) is 0. The SMILES string of the molecule is CC1=NN(c2ccc(Cl)c(Cl)c2)C(=O)C1N=Nc1cc(Cl)ccc1O. The van der Waals surface area contributed by atoms with Crippen LogP contribution in [0.1, 0.15) is 6.92 Å². The van der Waals surface area contributed by atoms with Crippen molar-refractivity contribution in [1.29, 1.82) is 0 Å². The van der Waals surface area contributed by atoms with Gasteiger partial charge in [0.1, 0.15) is 11.4 Å². The molecule has 2 aromatic rings.